The topological polar surface area (TPSA) is 50.3 Å². The molecule has 72 valence electrons. The third-order valence-corrected chi connectivity index (χ3v) is 2.07. The van der Waals surface area contributed by atoms with Crippen molar-refractivity contribution in [3.05, 3.63) is 30.1 Å². The van der Waals surface area contributed by atoms with Crippen molar-refractivity contribution in [2.24, 2.45) is 5.16 Å². The van der Waals surface area contributed by atoms with Gasteiger partial charge < -0.3 is 9.82 Å². The van der Waals surface area contributed by atoms with Crippen molar-refractivity contribution in [1.82, 2.24) is 9.97 Å². The van der Waals surface area contributed by atoms with Crippen LogP contribution >= 0.6 is 0 Å². The summed E-state index contributed by atoms with van der Waals surface area (Å²) in [6, 6.07) is 5.94. The lowest BCUT2D eigenvalue weighted by Gasteiger charge is -1.98. The highest BCUT2D eigenvalue weighted by Gasteiger charge is 2.01. The maximum absolute atomic E-state index is 4.71. The summed E-state index contributed by atoms with van der Waals surface area (Å²) in [7, 11) is 1.54. The molecular weight excluding hydrogens is 178 g/mol. The van der Waals surface area contributed by atoms with E-state index in [0.29, 0.717) is 0 Å². The summed E-state index contributed by atoms with van der Waals surface area (Å²) in [5, 5.41) is 3.86. The Labute approximate surface area is 81.6 Å². The zero-order valence-corrected chi connectivity index (χ0v) is 8.11. The van der Waals surface area contributed by atoms with Crippen molar-refractivity contribution < 1.29 is 4.84 Å². The minimum Gasteiger partial charge on any atom is -0.399 e. The van der Waals surface area contributed by atoms with Gasteiger partial charge in [-0.05, 0) is 19.1 Å². The molecule has 2 rings (SSSR count). The van der Waals surface area contributed by atoms with E-state index < -0.39 is 0 Å². The smallest absolute Gasteiger partial charge is 0.106 e. The van der Waals surface area contributed by atoms with Gasteiger partial charge in [0.1, 0.15) is 7.11 Å². The normalized spacial score (nSPS) is 12.0. The number of rotatable bonds is 2. The van der Waals surface area contributed by atoms with E-state index in [-0.39, 0.29) is 0 Å². The molecule has 0 aliphatic carbocycles. The molecule has 0 saturated heterocycles. The van der Waals surface area contributed by atoms with Gasteiger partial charge in [0, 0.05) is 5.56 Å². The van der Waals surface area contributed by atoms with Gasteiger partial charge in [0.15, 0.2) is 0 Å². The minimum atomic E-state index is 0.845. The van der Waals surface area contributed by atoms with E-state index in [1.807, 2.05) is 25.1 Å². The number of hydrogen-bond donors (Lipinski definition) is 1. The van der Waals surface area contributed by atoms with Crippen LogP contribution in [0.15, 0.2) is 29.7 Å². The number of nitrogens with zero attached hydrogens (tertiary/aromatic N) is 2. The number of aromatic nitrogens is 2. The number of benzene rings is 1. The Morgan fingerprint density at radius 1 is 1.50 bits per heavy atom. The van der Waals surface area contributed by atoms with E-state index in [0.717, 1.165) is 22.3 Å². The quantitative estimate of drug-likeness (QED) is 0.579. The molecule has 0 bridgehead atoms. The van der Waals surface area contributed by atoms with Crippen LogP contribution in [0.25, 0.3) is 11.0 Å². The molecule has 0 spiro atoms. The van der Waals surface area contributed by atoms with Gasteiger partial charge in [0.25, 0.3) is 0 Å². The van der Waals surface area contributed by atoms with Gasteiger partial charge in [-0.1, -0.05) is 11.2 Å². The zero-order chi connectivity index (χ0) is 9.97. The van der Waals surface area contributed by atoms with Crippen molar-refractivity contribution in [3.63, 3.8) is 0 Å². The first-order valence-electron chi connectivity index (χ1n) is 4.32. The van der Waals surface area contributed by atoms with Gasteiger partial charge in [-0.15, -0.1) is 0 Å². The van der Waals surface area contributed by atoms with E-state index in [2.05, 4.69) is 15.1 Å². The average Bonchev–Trinajstić information content (AvgIpc) is 2.64. The molecule has 2 aromatic rings. The largest absolute Gasteiger partial charge is 0.399 e. The molecule has 4 heteroatoms. The van der Waals surface area contributed by atoms with Gasteiger partial charge in [0.2, 0.25) is 0 Å². The number of fused-ring (bicyclic) bond motifs is 1. The van der Waals surface area contributed by atoms with Crippen LogP contribution in [0.5, 0.6) is 0 Å². The van der Waals surface area contributed by atoms with E-state index in [1.165, 1.54) is 7.11 Å². The maximum atomic E-state index is 4.71. The Morgan fingerprint density at radius 3 is 3.14 bits per heavy atom. The molecule has 0 saturated carbocycles. The maximum Gasteiger partial charge on any atom is 0.106 e. The summed E-state index contributed by atoms with van der Waals surface area (Å²) in [5.74, 6) is 0. The highest BCUT2D eigenvalue weighted by molar-refractivity contribution is 6.00. The third kappa shape index (κ3) is 1.46. The molecule has 0 aliphatic rings. The molecule has 14 heavy (non-hydrogen) atoms. The Morgan fingerprint density at radius 2 is 2.36 bits per heavy atom. The van der Waals surface area contributed by atoms with Crippen molar-refractivity contribution in [1.29, 1.82) is 0 Å². The Hall–Kier alpha value is -1.84. The molecule has 0 radical (unpaired) electrons. The fraction of sp³-hybridized carbons (Fsp3) is 0.200. The molecule has 1 heterocycles. The SMILES string of the molecule is CON=C(C)c1ccc2[nH]cnc2c1. The third-order valence-electron chi connectivity index (χ3n) is 2.07. The fourth-order valence-electron chi connectivity index (χ4n) is 1.35. The van der Waals surface area contributed by atoms with E-state index in [1.54, 1.807) is 6.33 Å². The van der Waals surface area contributed by atoms with Crippen LogP contribution in [0.3, 0.4) is 0 Å². The average molecular weight is 189 g/mol. The van der Waals surface area contributed by atoms with Crippen molar-refractivity contribution in [3.8, 4) is 0 Å². The lowest BCUT2D eigenvalue weighted by molar-refractivity contribution is 0.213. The van der Waals surface area contributed by atoms with E-state index in [9.17, 15) is 0 Å². The molecule has 0 amide bonds. The van der Waals surface area contributed by atoms with Crippen molar-refractivity contribution >= 4 is 16.7 Å². The van der Waals surface area contributed by atoms with Gasteiger partial charge in [-0.3, -0.25) is 0 Å². The summed E-state index contributed by atoms with van der Waals surface area (Å²) in [6.07, 6.45) is 1.68. The molecule has 1 aromatic carbocycles. The number of aromatic amines is 1. The van der Waals surface area contributed by atoms with E-state index in [4.69, 9.17) is 4.84 Å². The molecule has 1 aromatic heterocycles. The fourth-order valence-corrected chi connectivity index (χ4v) is 1.35. The zero-order valence-electron chi connectivity index (χ0n) is 8.11. The van der Waals surface area contributed by atoms with Crippen LogP contribution in [-0.4, -0.2) is 22.8 Å². The number of imidazole rings is 1. The van der Waals surface area contributed by atoms with Gasteiger partial charge in [-0.25, -0.2) is 4.98 Å². The second-order valence-corrected chi connectivity index (χ2v) is 2.99. The number of H-pyrrole nitrogens is 1. The summed E-state index contributed by atoms with van der Waals surface area (Å²) in [5.41, 5.74) is 3.83. The monoisotopic (exact) mass is 189 g/mol. The first-order valence-corrected chi connectivity index (χ1v) is 4.32. The van der Waals surface area contributed by atoms with E-state index >= 15 is 0 Å². The molecule has 4 nitrogen and oxygen atoms in total. The van der Waals surface area contributed by atoms with Gasteiger partial charge >= 0.3 is 0 Å². The molecule has 0 unspecified atom stereocenters. The Kier molecular flexibility index (Phi) is 2.18. The number of oxime groups is 1. The summed E-state index contributed by atoms with van der Waals surface area (Å²) >= 11 is 0. The highest BCUT2D eigenvalue weighted by Crippen LogP contribution is 2.12. The molecular formula is C10H11N3O. The minimum absolute atomic E-state index is 0.845. The van der Waals surface area contributed by atoms with Crippen LogP contribution in [0.2, 0.25) is 0 Å². The Bertz CT molecular complexity index is 473. The van der Waals surface area contributed by atoms with Crippen LogP contribution in [0, 0.1) is 0 Å². The van der Waals surface area contributed by atoms with Crippen LogP contribution in [0.4, 0.5) is 0 Å². The standard InChI is InChI=1S/C10H11N3O/c1-7(13-14-2)8-3-4-9-10(5-8)12-6-11-9/h3-6H,1-2H3,(H,11,12). The summed E-state index contributed by atoms with van der Waals surface area (Å²) < 4.78 is 0. The number of hydrogen-bond acceptors (Lipinski definition) is 3. The molecule has 0 fully saturated rings. The molecule has 0 atom stereocenters. The summed E-state index contributed by atoms with van der Waals surface area (Å²) in [4.78, 5) is 11.9. The van der Waals surface area contributed by atoms with Crippen molar-refractivity contribution in [2.45, 2.75) is 6.92 Å². The van der Waals surface area contributed by atoms with Crippen LogP contribution < -0.4 is 0 Å². The highest BCUT2D eigenvalue weighted by atomic mass is 16.6. The second kappa shape index (κ2) is 3.49. The lowest BCUT2D eigenvalue weighted by Crippen LogP contribution is -1.94. The first-order chi connectivity index (χ1) is 6.81. The predicted molar refractivity (Wildman–Crippen MR) is 55.3 cm³/mol. The summed E-state index contributed by atoms with van der Waals surface area (Å²) in [6.45, 7) is 1.90. The van der Waals surface area contributed by atoms with Gasteiger partial charge in [-0.2, -0.15) is 0 Å². The first kappa shape index (κ1) is 8.74. The van der Waals surface area contributed by atoms with Gasteiger partial charge in [0.05, 0.1) is 23.1 Å². The molecule has 1 N–H and O–H groups in total. The molecule has 0 aliphatic heterocycles. The predicted octanol–water partition coefficient (Wildman–Crippen LogP) is 1.93. The Balaban J connectivity index is 2.48. The lowest BCUT2D eigenvalue weighted by atomic mass is 10.1. The number of nitrogens with one attached hydrogen (secondary N) is 1. The second-order valence-electron chi connectivity index (χ2n) is 2.99. The van der Waals surface area contributed by atoms with Crippen LogP contribution in [0.1, 0.15) is 12.5 Å². The van der Waals surface area contributed by atoms with Crippen LogP contribution in [-0.2, 0) is 4.84 Å². The van der Waals surface area contributed by atoms with Crippen molar-refractivity contribution in [2.75, 3.05) is 7.11 Å².